The van der Waals surface area contributed by atoms with Crippen LogP contribution in [0.5, 0.6) is 5.75 Å². The highest BCUT2D eigenvalue weighted by Gasteiger charge is 2.33. The molecule has 0 saturated heterocycles. The molecule has 0 spiro atoms. The summed E-state index contributed by atoms with van der Waals surface area (Å²) in [6.45, 7) is 0. The van der Waals surface area contributed by atoms with Gasteiger partial charge in [0.15, 0.2) is 5.78 Å². The Bertz CT molecular complexity index is 400. The molecule has 4 nitrogen and oxygen atoms in total. The molecule has 0 saturated carbocycles. The van der Waals surface area contributed by atoms with Gasteiger partial charge in [0.05, 0.1) is 18.8 Å². The minimum absolute atomic E-state index is 0.0610. The van der Waals surface area contributed by atoms with Gasteiger partial charge in [0.25, 0.3) is 0 Å². The van der Waals surface area contributed by atoms with Crippen molar-refractivity contribution in [2.24, 2.45) is 0 Å². The number of aliphatic hydroxyl groups is 2. The van der Waals surface area contributed by atoms with Crippen LogP contribution in [0.2, 0.25) is 0 Å². The molecule has 1 aliphatic rings. The summed E-state index contributed by atoms with van der Waals surface area (Å²) in [6, 6.07) is 4.98. The van der Waals surface area contributed by atoms with Gasteiger partial charge < -0.3 is 14.9 Å². The van der Waals surface area contributed by atoms with Crippen LogP contribution in [0.25, 0.3) is 0 Å². The van der Waals surface area contributed by atoms with E-state index in [0.29, 0.717) is 16.9 Å². The number of aliphatic hydroxyl groups excluding tert-OH is 2. The molecule has 15 heavy (non-hydrogen) atoms. The zero-order valence-electron chi connectivity index (χ0n) is 8.30. The van der Waals surface area contributed by atoms with E-state index >= 15 is 0 Å². The number of rotatable bonds is 1. The molecule has 2 atom stereocenters. The second kappa shape index (κ2) is 3.64. The summed E-state index contributed by atoms with van der Waals surface area (Å²) in [6.07, 6.45) is -2.08. The van der Waals surface area contributed by atoms with Crippen LogP contribution >= 0.6 is 0 Å². The highest BCUT2D eigenvalue weighted by atomic mass is 16.5. The van der Waals surface area contributed by atoms with Crippen LogP contribution in [0.3, 0.4) is 0 Å². The van der Waals surface area contributed by atoms with E-state index in [9.17, 15) is 15.0 Å². The molecule has 4 heteroatoms. The van der Waals surface area contributed by atoms with Crippen molar-refractivity contribution in [2.75, 3.05) is 7.11 Å². The zero-order chi connectivity index (χ0) is 11.0. The average Bonchev–Trinajstić information content (AvgIpc) is 2.25. The number of ether oxygens (including phenoxy) is 1. The van der Waals surface area contributed by atoms with Crippen LogP contribution in [0.1, 0.15) is 28.4 Å². The normalized spacial score (nSPS) is 24.9. The molecule has 2 rings (SSSR count). The van der Waals surface area contributed by atoms with Crippen LogP contribution < -0.4 is 4.74 Å². The second-order valence-electron chi connectivity index (χ2n) is 3.56. The third-order valence-electron chi connectivity index (χ3n) is 2.63. The van der Waals surface area contributed by atoms with E-state index in [1.165, 1.54) is 7.11 Å². The Hall–Kier alpha value is -1.39. The number of Topliss-reactive ketones (excluding diaryl/α,β-unsaturated/α-hetero) is 1. The summed E-state index contributed by atoms with van der Waals surface area (Å²) >= 11 is 0. The van der Waals surface area contributed by atoms with Gasteiger partial charge >= 0.3 is 0 Å². The molecular formula is C11H12O4. The summed E-state index contributed by atoms with van der Waals surface area (Å²) in [5, 5.41) is 19.2. The van der Waals surface area contributed by atoms with Crippen LogP contribution in [0.15, 0.2) is 18.2 Å². The van der Waals surface area contributed by atoms with E-state index in [4.69, 9.17) is 4.74 Å². The number of methoxy groups -OCH3 is 1. The maximum absolute atomic E-state index is 11.7. The lowest BCUT2D eigenvalue weighted by Crippen LogP contribution is -2.29. The van der Waals surface area contributed by atoms with Crippen molar-refractivity contribution < 1.29 is 19.7 Å². The first kappa shape index (κ1) is 10.1. The van der Waals surface area contributed by atoms with Crippen LogP contribution in [0, 0.1) is 0 Å². The number of fused-ring (bicyclic) bond motifs is 1. The van der Waals surface area contributed by atoms with Gasteiger partial charge in [-0.2, -0.15) is 0 Å². The van der Waals surface area contributed by atoms with E-state index in [1.807, 2.05) is 0 Å². The molecule has 1 aliphatic carbocycles. The van der Waals surface area contributed by atoms with Gasteiger partial charge in [0, 0.05) is 6.42 Å². The van der Waals surface area contributed by atoms with Crippen LogP contribution in [0.4, 0.5) is 0 Å². The summed E-state index contributed by atoms with van der Waals surface area (Å²) in [5.74, 6) is 0.253. The first-order valence-corrected chi connectivity index (χ1v) is 4.71. The van der Waals surface area contributed by atoms with E-state index in [-0.39, 0.29) is 12.2 Å². The van der Waals surface area contributed by atoms with Crippen molar-refractivity contribution in [1.29, 1.82) is 0 Å². The van der Waals surface area contributed by atoms with E-state index in [2.05, 4.69) is 0 Å². The number of ketones is 1. The predicted molar refractivity (Wildman–Crippen MR) is 52.9 cm³/mol. The maximum Gasteiger partial charge on any atom is 0.169 e. The van der Waals surface area contributed by atoms with Gasteiger partial charge in [-0.1, -0.05) is 12.1 Å². The molecule has 0 unspecified atom stereocenters. The van der Waals surface area contributed by atoms with Gasteiger partial charge in [-0.3, -0.25) is 4.79 Å². The fourth-order valence-electron chi connectivity index (χ4n) is 1.87. The first-order valence-electron chi connectivity index (χ1n) is 4.71. The highest BCUT2D eigenvalue weighted by Crippen LogP contribution is 2.35. The third-order valence-corrected chi connectivity index (χ3v) is 2.63. The van der Waals surface area contributed by atoms with Gasteiger partial charge in [-0.25, -0.2) is 0 Å². The van der Waals surface area contributed by atoms with Crippen LogP contribution in [-0.2, 0) is 0 Å². The Morgan fingerprint density at radius 3 is 2.80 bits per heavy atom. The quantitative estimate of drug-likeness (QED) is 0.712. The van der Waals surface area contributed by atoms with Gasteiger partial charge in [0.1, 0.15) is 11.9 Å². The van der Waals surface area contributed by atoms with Crippen molar-refractivity contribution in [3.63, 3.8) is 0 Å². The third kappa shape index (κ3) is 1.52. The molecule has 0 amide bonds. The maximum atomic E-state index is 11.7. The van der Waals surface area contributed by atoms with Crippen molar-refractivity contribution in [3.8, 4) is 5.75 Å². The van der Waals surface area contributed by atoms with Gasteiger partial charge in [-0.15, -0.1) is 0 Å². The molecule has 0 radical (unpaired) electrons. The van der Waals surface area contributed by atoms with Crippen molar-refractivity contribution >= 4 is 5.78 Å². The average molecular weight is 208 g/mol. The zero-order valence-corrected chi connectivity index (χ0v) is 8.30. The highest BCUT2D eigenvalue weighted by molar-refractivity contribution is 6.01. The lowest BCUT2D eigenvalue weighted by molar-refractivity contribution is 0.00843. The number of carbonyl (C=O) groups excluding carboxylic acids is 1. The molecule has 0 fully saturated rings. The molecule has 2 N–H and O–H groups in total. The first-order chi connectivity index (χ1) is 7.15. The molecular weight excluding hydrogens is 196 g/mol. The SMILES string of the molecule is COc1cccc2c1C(=O)C[C@H](O)[C@@H]2O. The monoisotopic (exact) mass is 208 g/mol. The lowest BCUT2D eigenvalue weighted by atomic mass is 9.86. The van der Waals surface area contributed by atoms with E-state index in [1.54, 1.807) is 18.2 Å². The van der Waals surface area contributed by atoms with Crippen molar-refractivity contribution in [1.82, 2.24) is 0 Å². The molecule has 1 aromatic rings. The largest absolute Gasteiger partial charge is 0.496 e. The standard InChI is InChI=1S/C11H12O4/c1-15-9-4-2-3-6-10(9)7(12)5-8(13)11(6)14/h2-4,8,11,13-14H,5H2,1H3/t8-,11+/m0/s1. The number of hydrogen-bond acceptors (Lipinski definition) is 4. The Labute approximate surface area is 87.1 Å². The minimum Gasteiger partial charge on any atom is -0.496 e. The Kier molecular flexibility index (Phi) is 2.46. The van der Waals surface area contributed by atoms with Crippen molar-refractivity contribution in [3.05, 3.63) is 29.3 Å². The second-order valence-corrected chi connectivity index (χ2v) is 3.56. The molecule has 0 aromatic heterocycles. The smallest absolute Gasteiger partial charge is 0.169 e. The minimum atomic E-state index is -1.02. The summed E-state index contributed by atoms with van der Waals surface area (Å²) in [5.41, 5.74) is 0.830. The Morgan fingerprint density at radius 1 is 1.40 bits per heavy atom. The Morgan fingerprint density at radius 2 is 2.13 bits per heavy atom. The summed E-state index contributed by atoms with van der Waals surface area (Å²) < 4.78 is 5.05. The lowest BCUT2D eigenvalue weighted by Gasteiger charge is -2.26. The predicted octanol–water partition coefficient (Wildman–Crippen LogP) is 0.676. The fourth-order valence-corrected chi connectivity index (χ4v) is 1.87. The topological polar surface area (TPSA) is 66.8 Å². The van der Waals surface area contributed by atoms with Gasteiger partial charge in [-0.05, 0) is 11.6 Å². The number of benzene rings is 1. The molecule has 0 aliphatic heterocycles. The fraction of sp³-hybridized carbons (Fsp3) is 0.364. The van der Waals surface area contributed by atoms with Gasteiger partial charge in [0.2, 0.25) is 0 Å². The number of carbonyl (C=O) groups is 1. The summed E-state index contributed by atoms with van der Waals surface area (Å²) in [7, 11) is 1.47. The van der Waals surface area contributed by atoms with Crippen molar-refractivity contribution in [2.45, 2.75) is 18.6 Å². The molecule has 0 bridgehead atoms. The van der Waals surface area contributed by atoms with Crippen LogP contribution in [-0.4, -0.2) is 29.2 Å². The van der Waals surface area contributed by atoms with E-state index < -0.39 is 12.2 Å². The number of hydrogen-bond donors (Lipinski definition) is 2. The summed E-state index contributed by atoms with van der Waals surface area (Å²) in [4.78, 5) is 11.7. The molecule has 0 heterocycles. The van der Waals surface area contributed by atoms with E-state index in [0.717, 1.165) is 0 Å². The Balaban J connectivity index is 2.59. The molecule has 1 aromatic carbocycles. The molecule has 80 valence electrons.